The monoisotopic (exact) mass is 544 g/mol. The van der Waals surface area contributed by atoms with E-state index in [1.165, 1.54) is 34.9 Å². The van der Waals surface area contributed by atoms with Crippen LogP contribution in [0.2, 0.25) is 0 Å². The van der Waals surface area contributed by atoms with Crippen molar-refractivity contribution in [2.75, 3.05) is 20.1 Å². The van der Waals surface area contributed by atoms with Crippen LogP contribution in [0.3, 0.4) is 0 Å². The Kier molecular flexibility index (Phi) is 10.5. The first kappa shape index (κ1) is 29.3. The van der Waals surface area contributed by atoms with Crippen molar-refractivity contribution in [1.29, 1.82) is 0 Å². The number of carbonyl (C=O) groups is 2. The summed E-state index contributed by atoms with van der Waals surface area (Å²) in [6.45, 7) is 6.73. The number of amides is 2. The molecule has 0 saturated carbocycles. The maximum atomic E-state index is 13.8. The summed E-state index contributed by atoms with van der Waals surface area (Å²) in [6.07, 6.45) is 0.628. The van der Waals surface area contributed by atoms with Crippen LogP contribution in [0.5, 0.6) is 0 Å². The number of nitrogens with two attached hydrogens (primary N) is 1. The van der Waals surface area contributed by atoms with Gasteiger partial charge in [-0.05, 0) is 74.0 Å². The first-order valence-corrected chi connectivity index (χ1v) is 13.2. The Labute approximate surface area is 226 Å². The van der Waals surface area contributed by atoms with E-state index >= 15 is 0 Å². The van der Waals surface area contributed by atoms with E-state index in [0.29, 0.717) is 23.2 Å². The molecular weight excluding hydrogens is 510 g/mol. The molecule has 3 atom stereocenters. The van der Waals surface area contributed by atoms with Gasteiger partial charge in [-0.2, -0.15) is 0 Å². The van der Waals surface area contributed by atoms with Crippen LogP contribution in [0.1, 0.15) is 46.0 Å². The minimum absolute atomic E-state index is 0.0254. The molecule has 1 heterocycles. The van der Waals surface area contributed by atoms with Gasteiger partial charge in [-0.15, -0.1) is 0 Å². The van der Waals surface area contributed by atoms with Crippen molar-refractivity contribution in [1.82, 2.24) is 15.5 Å². The molecule has 0 aromatic heterocycles. The average molecular weight is 545 g/mol. The van der Waals surface area contributed by atoms with Gasteiger partial charge >= 0.3 is 0 Å². The number of benzene rings is 2. The number of halogens is 2. The number of hydrogen-bond acceptors (Lipinski definition) is 6. The van der Waals surface area contributed by atoms with Crippen molar-refractivity contribution in [2.24, 2.45) is 5.73 Å². The summed E-state index contributed by atoms with van der Waals surface area (Å²) >= 11 is 1.34. The molecule has 7 nitrogen and oxygen atoms in total. The second-order valence-electron chi connectivity index (χ2n) is 9.52. The lowest BCUT2D eigenvalue weighted by Gasteiger charge is -2.29. The lowest BCUT2D eigenvalue weighted by atomic mass is 9.95. The fraction of sp³-hybridized carbons (Fsp3) is 0.357. The van der Waals surface area contributed by atoms with E-state index in [2.05, 4.69) is 17.2 Å². The van der Waals surface area contributed by atoms with Crippen molar-refractivity contribution in [3.63, 3.8) is 0 Å². The molecule has 1 aliphatic heterocycles. The fourth-order valence-electron chi connectivity index (χ4n) is 4.34. The number of allylic oxidation sites excluding steroid dienone is 1. The van der Waals surface area contributed by atoms with E-state index in [1.54, 1.807) is 37.6 Å². The van der Waals surface area contributed by atoms with Crippen LogP contribution >= 0.6 is 11.8 Å². The van der Waals surface area contributed by atoms with Crippen LogP contribution < -0.4 is 16.4 Å². The highest BCUT2D eigenvalue weighted by atomic mass is 32.2. The molecule has 1 saturated heterocycles. The summed E-state index contributed by atoms with van der Waals surface area (Å²) < 4.78 is 27.6. The molecule has 0 bridgehead atoms. The molecule has 10 heteroatoms. The van der Waals surface area contributed by atoms with Crippen LogP contribution in [-0.4, -0.2) is 60.1 Å². The molecule has 0 unspecified atom stereocenters. The molecule has 0 spiro atoms. The van der Waals surface area contributed by atoms with E-state index < -0.39 is 29.7 Å². The Morgan fingerprint density at radius 1 is 1.26 bits per heavy atom. The zero-order valence-corrected chi connectivity index (χ0v) is 22.4. The van der Waals surface area contributed by atoms with E-state index in [-0.39, 0.29) is 30.5 Å². The highest BCUT2D eigenvalue weighted by molar-refractivity contribution is 8.05. The van der Waals surface area contributed by atoms with Crippen LogP contribution in [0, 0.1) is 11.6 Å². The van der Waals surface area contributed by atoms with Crippen molar-refractivity contribution < 1.29 is 23.5 Å². The molecule has 1 aliphatic rings. The Hall–Kier alpha value is -3.21. The molecule has 38 heavy (non-hydrogen) atoms. The van der Waals surface area contributed by atoms with Gasteiger partial charge in [-0.3, -0.25) is 9.59 Å². The van der Waals surface area contributed by atoms with Gasteiger partial charge in [0.1, 0.15) is 11.6 Å². The van der Waals surface area contributed by atoms with Gasteiger partial charge in [0.2, 0.25) is 0 Å². The Balaban J connectivity index is 1.75. The molecule has 2 aromatic carbocycles. The van der Waals surface area contributed by atoms with Crippen molar-refractivity contribution in [2.45, 2.75) is 44.4 Å². The number of likely N-dealkylation sites (N-methyl/N-ethyl adjacent to an activating group) is 1. The molecule has 1 fully saturated rings. The van der Waals surface area contributed by atoms with Crippen molar-refractivity contribution >= 4 is 23.6 Å². The van der Waals surface area contributed by atoms with Gasteiger partial charge < -0.3 is 26.4 Å². The van der Waals surface area contributed by atoms with Crippen molar-refractivity contribution in [3.05, 3.63) is 93.4 Å². The standard InChI is InChI=1S/C28H34F2N4O3S/c1-17(31)16-38-18(2)15-34(3)28(37)21-7-4-6-20(13-21)27(36)33-25(26(35)24-8-5-9-32-24)12-19-10-22(29)14-23(30)11-19/h4,6-7,10-11,13-14,16,24-26,32,35H,2,5,8-9,12,15,31H2,1,3H3,(H,33,36)/b17-16-/t24-,25+,26-/m1/s1. The third kappa shape index (κ3) is 8.41. The Morgan fingerprint density at radius 2 is 1.95 bits per heavy atom. The van der Waals surface area contributed by atoms with Crippen LogP contribution in [0.15, 0.2) is 65.1 Å². The average Bonchev–Trinajstić information content (AvgIpc) is 3.40. The summed E-state index contributed by atoms with van der Waals surface area (Å²) in [6, 6.07) is 8.32. The number of hydrogen-bond donors (Lipinski definition) is 4. The second-order valence-corrected chi connectivity index (χ2v) is 10.6. The number of nitrogens with one attached hydrogen (secondary N) is 2. The third-order valence-electron chi connectivity index (χ3n) is 6.16. The summed E-state index contributed by atoms with van der Waals surface area (Å²) in [5, 5.41) is 18.8. The number of aliphatic hydroxyl groups excluding tert-OH is 1. The predicted octanol–water partition coefficient (Wildman–Crippen LogP) is 3.56. The van der Waals surface area contributed by atoms with E-state index in [4.69, 9.17) is 5.73 Å². The first-order chi connectivity index (χ1) is 18.0. The van der Waals surface area contributed by atoms with E-state index in [1.807, 2.05) is 0 Å². The summed E-state index contributed by atoms with van der Waals surface area (Å²) in [5.41, 5.74) is 7.12. The van der Waals surface area contributed by atoms with E-state index in [9.17, 15) is 23.5 Å². The summed E-state index contributed by atoms with van der Waals surface area (Å²) in [4.78, 5) is 28.4. The highest BCUT2D eigenvalue weighted by Gasteiger charge is 2.31. The molecule has 0 aliphatic carbocycles. The summed E-state index contributed by atoms with van der Waals surface area (Å²) in [7, 11) is 1.64. The predicted molar refractivity (Wildman–Crippen MR) is 146 cm³/mol. The lowest BCUT2D eigenvalue weighted by Crippen LogP contribution is -2.52. The normalized spacial score (nSPS) is 17.1. The molecule has 0 radical (unpaired) electrons. The SMILES string of the molecule is C=C(CN(C)C(=O)c1cccc(C(=O)N[C@@H](Cc2cc(F)cc(F)c2)[C@H](O)[C@H]2CCCN2)c1)S/C=C(/C)N. The molecule has 5 N–H and O–H groups in total. The number of carbonyl (C=O) groups excluding carboxylic acids is 2. The van der Waals surface area contributed by atoms with Gasteiger partial charge in [0.25, 0.3) is 11.8 Å². The second kappa shape index (κ2) is 13.5. The molecule has 3 rings (SSSR count). The zero-order valence-electron chi connectivity index (χ0n) is 21.5. The number of aliphatic hydroxyl groups is 1. The highest BCUT2D eigenvalue weighted by Crippen LogP contribution is 2.20. The number of thioether (sulfide) groups is 1. The molecule has 204 valence electrons. The number of nitrogens with zero attached hydrogens (tertiary/aromatic N) is 1. The smallest absolute Gasteiger partial charge is 0.253 e. The van der Waals surface area contributed by atoms with E-state index in [0.717, 1.165) is 23.9 Å². The van der Waals surface area contributed by atoms with Crippen molar-refractivity contribution in [3.8, 4) is 0 Å². The quantitative estimate of drug-likeness (QED) is 0.345. The van der Waals surface area contributed by atoms with Gasteiger partial charge in [0, 0.05) is 40.9 Å². The molecule has 2 amide bonds. The van der Waals surface area contributed by atoms with Crippen LogP contribution in [0.4, 0.5) is 8.78 Å². The molecular formula is C28H34F2N4O3S. The maximum Gasteiger partial charge on any atom is 0.253 e. The zero-order chi connectivity index (χ0) is 27.8. The number of rotatable bonds is 11. The first-order valence-electron chi connectivity index (χ1n) is 12.3. The minimum atomic E-state index is -0.988. The van der Waals surface area contributed by atoms with Crippen LogP contribution in [0.25, 0.3) is 0 Å². The third-order valence-corrected chi connectivity index (χ3v) is 7.11. The largest absolute Gasteiger partial charge is 0.402 e. The topological polar surface area (TPSA) is 108 Å². The van der Waals surface area contributed by atoms with Gasteiger partial charge in [0.05, 0.1) is 18.7 Å². The van der Waals surface area contributed by atoms with Gasteiger partial charge in [-0.1, -0.05) is 24.4 Å². The Morgan fingerprint density at radius 3 is 2.58 bits per heavy atom. The maximum absolute atomic E-state index is 13.8. The molecule has 2 aromatic rings. The van der Waals surface area contributed by atoms with Crippen LogP contribution in [-0.2, 0) is 6.42 Å². The minimum Gasteiger partial charge on any atom is -0.402 e. The lowest BCUT2D eigenvalue weighted by molar-refractivity contribution is 0.0737. The summed E-state index contributed by atoms with van der Waals surface area (Å²) in [5.74, 6) is -2.27. The van der Waals surface area contributed by atoms with Gasteiger partial charge in [-0.25, -0.2) is 8.78 Å². The van der Waals surface area contributed by atoms with Gasteiger partial charge in [0.15, 0.2) is 0 Å². The Bertz CT molecular complexity index is 1180. The fourth-order valence-corrected chi connectivity index (χ4v) is 4.96.